The predicted molar refractivity (Wildman–Crippen MR) is 135 cm³/mol. The monoisotopic (exact) mass is 504 g/mol. The SMILES string of the molecule is CCc1ccccc1-c1cc2ccc(OCC(C)(COC(=O)C(CC)C(C)C)CC(F)(F)F)cc2o1. The van der Waals surface area contributed by atoms with Crippen molar-refractivity contribution in [3.05, 3.63) is 54.1 Å². The van der Waals surface area contributed by atoms with Crippen LogP contribution >= 0.6 is 0 Å². The number of benzene rings is 2. The number of esters is 1. The van der Waals surface area contributed by atoms with Crippen molar-refractivity contribution in [1.29, 1.82) is 0 Å². The summed E-state index contributed by atoms with van der Waals surface area (Å²) < 4.78 is 57.4. The first kappa shape index (κ1) is 27.6. The molecule has 0 aliphatic rings. The average Bonchev–Trinajstić information content (AvgIpc) is 3.24. The Labute approximate surface area is 210 Å². The van der Waals surface area contributed by atoms with Gasteiger partial charge in [-0.1, -0.05) is 58.9 Å². The summed E-state index contributed by atoms with van der Waals surface area (Å²) in [5.41, 5.74) is 1.31. The van der Waals surface area contributed by atoms with Crippen LogP contribution in [0, 0.1) is 17.3 Å². The molecule has 0 bridgehead atoms. The van der Waals surface area contributed by atoms with Crippen molar-refractivity contribution >= 4 is 16.9 Å². The lowest BCUT2D eigenvalue weighted by molar-refractivity contribution is -0.177. The van der Waals surface area contributed by atoms with E-state index in [0.717, 1.165) is 28.7 Å². The quantitative estimate of drug-likeness (QED) is 0.247. The number of carbonyl (C=O) groups excluding carboxylic acids is 1. The molecule has 0 saturated carbocycles. The van der Waals surface area contributed by atoms with Crippen LogP contribution in [0.3, 0.4) is 0 Å². The van der Waals surface area contributed by atoms with Crippen molar-refractivity contribution in [2.24, 2.45) is 17.3 Å². The predicted octanol–water partition coefficient (Wildman–Crippen LogP) is 8.23. The van der Waals surface area contributed by atoms with E-state index in [9.17, 15) is 18.0 Å². The van der Waals surface area contributed by atoms with Gasteiger partial charge >= 0.3 is 12.1 Å². The first-order chi connectivity index (χ1) is 16.9. The standard InChI is InChI=1S/C29H35F3O4/c1-6-20-10-8-9-11-24(20)26-14-21-12-13-22(15-25(21)36-26)34-17-28(5,16-29(30,31)32)18-35-27(33)23(7-2)19(3)4/h8-15,19,23H,6-7,16-18H2,1-5H3. The molecule has 196 valence electrons. The van der Waals surface area contributed by atoms with Crippen LogP contribution in [0.15, 0.2) is 52.9 Å². The summed E-state index contributed by atoms with van der Waals surface area (Å²) in [6.07, 6.45) is -4.14. The van der Waals surface area contributed by atoms with Crippen molar-refractivity contribution in [3.8, 4) is 17.1 Å². The fourth-order valence-corrected chi connectivity index (χ4v) is 4.45. The van der Waals surface area contributed by atoms with Crippen LogP contribution in [0.2, 0.25) is 0 Å². The Balaban J connectivity index is 1.76. The number of furan rings is 1. The first-order valence-corrected chi connectivity index (χ1v) is 12.4. The fourth-order valence-electron chi connectivity index (χ4n) is 4.45. The third-order valence-corrected chi connectivity index (χ3v) is 6.48. The van der Waals surface area contributed by atoms with Crippen LogP contribution < -0.4 is 4.74 Å². The molecule has 0 fully saturated rings. The van der Waals surface area contributed by atoms with Gasteiger partial charge < -0.3 is 13.9 Å². The van der Waals surface area contributed by atoms with Gasteiger partial charge in [-0.15, -0.1) is 0 Å². The second-order valence-corrected chi connectivity index (χ2v) is 10.1. The lowest BCUT2D eigenvalue weighted by Gasteiger charge is -2.31. The molecule has 7 heteroatoms. The Bertz CT molecular complexity index is 1160. The van der Waals surface area contributed by atoms with E-state index in [1.165, 1.54) is 6.92 Å². The summed E-state index contributed by atoms with van der Waals surface area (Å²) in [4.78, 5) is 12.5. The molecular weight excluding hydrogens is 469 g/mol. The summed E-state index contributed by atoms with van der Waals surface area (Å²) in [5, 5.41) is 0.870. The van der Waals surface area contributed by atoms with E-state index in [0.29, 0.717) is 17.8 Å². The number of hydrogen-bond acceptors (Lipinski definition) is 4. The van der Waals surface area contributed by atoms with E-state index >= 15 is 0 Å². The van der Waals surface area contributed by atoms with Gasteiger partial charge in [0.05, 0.1) is 18.9 Å². The highest BCUT2D eigenvalue weighted by atomic mass is 19.4. The fraction of sp³-hybridized carbons (Fsp3) is 0.483. The molecule has 2 unspecified atom stereocenters. The molecule has 4 nitrogen and oxygen atoms in total. The van der Waals surface area contributed by atoms with Gasteiger partial charge in [0.1, 0.15) is 23.7 Å². The van der Waals surface area contributed by atoms with Crippen molar-refractivity contribution < 1.29 is 31.9 Å². The number of carbonyl (C=O) groups is 1. The summed E-state index contributed by atoms with van der Waals surface area (Å²) in [7, 11) is 0. The topological polar surface area (TPSA) is 48.7 Å². The molecule has 0 radical (unpaired) electrons. The van der Waals surface area contributed by atoms with Crippen LogP contribution in [-0.2, 0) is 16.0 Å². The largest absolute Gasteiger partial charge is 0.493 e. The zero-order valence-corrected chi connectivity index (χ0v) is 21.6. The smallest absolute Gasteiger partial charge is 0.389 e. The third-order valence-electron chi connectivity index (χ3n) is 6.48. The maximum atomic E-state index is 13.4. The molecule has 0 spiro atoms. The van der Waals surface area contributed by atoms with Gasteiger partial charge in [-0.3, -0.25) is 4.79 Å². The summed E-state index contributed by atoms with van der Waals surface area (Å²) >= 11 is 0. The lowest BCUT2D eigenvalue weighted by Crippen LogP contribution is -2.37. The Morgan fingerprint density at radius 1 is 1.03 bits per heavy atom. The first-order valence-electron chi connectivity index (χ1n) is 12.4. The van der Waals surface area contributed by atoms with Crippen molar-refractivity contribution in [3.63, 3.8) is 0 Å². The second kappa shape index (κ2) is 11.4. The van der Waals surface area contributed by atoms with E-state index in [-0.39, 0.29) is 25.0 Å². The summed E-state index contributed by atoms with van der Waals surface area (Å²) in [6, 6.07) is 15.1. The van der Waals surface area contributed by atoms with Crippen LogP contribution in [0.25, 0.3) is 22.3 Å². The number of halogens is 3. The Morgan fingerprint density at radius 3 is 2.39 bits per heavy atom. The molecule has 3 rings (SSSR count). The van der Waals surface area contributed by atoms with E-state index in [4.69, 9.17) is 13.9 Å². The Hall–Kier alpha value is -2.96. The molecular formula is C29H35F3O4. The normalized spacial score (nSPS) is 14.6. The highest BCUT2D eigenvalue weighted by molar-refractivity contribution is 5.84. The Kier molecular flexibility index (Phi) is 8.75. The van der Waals surface area contributed by atoms with Gasteiger partial charge in [-0.25, -0.2) is 0 Å². The van der Waals surface area contributed by atoms with Gasteiger partial charge in [0.25, 0.3) is 0 Å². The van der Waals surface area contributed by atoms with Crippen LogP contribution in [0.1, 0.15) is 53.0 Å². The average molecular weight is 505 g/mol. The number of ether oxygens (including phenoxy) is 2. The van der Waals surface area contributed by atoms with Crippen LogP contribution in [0.4, 0.5) is 13.2 Å². The molecule has 1 aromatic heterocycles. The molecule has 0 saturated heterocycles. The number of alkyl halides is 3. The van der Waals surface area contributed by atoms with Crippen LogP contribution in [0.5, 0.6) is 5.75 Å². The number of rotatable bonds is 11. The van der Waals surface area contributed by atoms with E-state index in [2.05, 4.69) is 13.0 Å². The van der Waals surface area contributed by atoms with Gasteiger partial charge in [-0.2, -0.15) is 13.2 Å². The van der Waals surface area contributed by atoms with Crippen LogP contribution in [-0.4, -0.2) is 25.4 Å². The van der Waals surface area contributed by atoms with Crippen molar-refractivity contribution in [1.82, 2.24) is 0 Å². The molecule has 1 heterocycles. The number of hydrogen-bond donors (Lipinski definition) is 0. The summed E-state index contributed by atoms with van der Waals surface area (Å²) in [5.74, 6) is 0.332. The summed E-state index contributed by atoms with van der Waals surface area (Å²) in [6.45, 7) is 8.50. The third kappa shape index (κ3) is 7.05. The maximum absolute atomic E-state index is 13.4. The van der Waals surface area contributed by atoms with Crippen molar-refractivity contribution in [2.45, 2.75) is 60.1 Å². The lowest BCUT2D eigenvalue weighted by atomic mass is 9.88. The van der Waals surface area contributed by atoms with E-state index in [1.807, 2.05) is 51.1 Å². The number of aryl methyl sites for hydroxylation is 1. The molecule has 36 heavy (non-hydrogen) atoms. The minimum absolute atomic E-state index is 0.0434. The molecule has 2 atom stereocenters. The number of fused-ring (bicyclic) bond motifs is 1. The Morgan fingerprint density at radius 2 is 1.75 bits per heavy atom. The van der Waals surface area contributed by atoms with E-state index in [1.54, 1.807) is 12.1 Å². The van der Waals surface area contributed by atoms with Gasteiger partial charge in [0.15, 0.2) is 0 Å². The van der Waals surface area contributed by atoms with Gasteiger partial charge in [0.2, 0.25) is 0 Å². The minimum Gasteiger partial charge on any atom is -0.493 e. The minimum atomic E-state index is -4.43. The molecule has 0 aliphatic heterocycles. The highest BCUT2D eigenvalue weighted by Crippen LogP contribution is 2.36. The highest BCUT2D eigenvalue weighted by Gasteiger charge is 2.41. The molecule has 0 N–H and O–H groups in total. The van der Waals surface area contributed by atoms with Gasteiger partial charge in [-0.05, 0) is 42.5 Å². The zero-order valence-electron chi connectivity index (χ0n) is 21.6. The maximum Gasteiger partial charge on any atom is 0.389 e. The van der Waals surface area contributed by atoms with E-state index < -0.39 is 24.0 Å². The molecule has 0 aliphatic carbocycles. The zero-order chi connectivity index (χ0) is 26.5. The van der Waals surface area contributed by atoms with Crippen molar-refractivity contribution in [2.75, 3.05) is 13.2 Å². The second-order valence-electron chi connectivity index (χ2n) is 10.1. The molecule has 2 aromatic carbocycles. The molecule has 0 amide bonds. The molecule has 3 aromatic rings. The van der Waals surface area contributed by atoms with Gasteiger partial charge in [0, 0.05) is 22.4 Å².